The Balaban J connectivity index is 2.63. The molecule has 2 atom stereocenters. The van der Waals surface area contributed by atoms with Crippen molar-refractivity contribution in [2.24, 2.45) is 5.92 Å². The zero-order valence-electron chi connectivity index (χ0n) is 13.4. The van der Waals surface area contributed by atoms with Gasteiger partial charge in [-0.3, -0.25) is 0 Å². The van der Waals surface area contributed by atoms with Crippen molar-refractivity contribution in [2.45, 2.75) is 72.0 Å². The molecule has 0 amide bonds. The number of hydrogen-bond donors (Lipinski definition) is 1. The van der Waals surface area contributed by atoms with Gasteiger partial charge in [-0.1, -0.05) is 51.7 Å². The van der Waals surface area contributed by atoms with Gasteiger partial charge in [0.15, 0.2) is 0 Å². The highest BCUT2D eigenvalue weighted by molar-refractivity contribution is 5.30. The highest BCUT2D eigenvalue weighted by Crippen LogP contribution is 2.28. The van der Waals surface area contributed by atoms with Crippen LogP contribution in [0.1, 0.15) is 71.5 Å². The molecule has 0 fully saturated rings. The molecule has 1 rings (SSSR count). The minimum Gasteiger partial charge on any atom is -0.491 e. The van der Waals surface area contributed by atoms with E-state index in [4.69, 9.17) is 4.74 Å². The molecule has 2 nitrogen and oxygen atoms in total. The first-order valence-electron chi connectivity index (χ1n) is 8.01. The zero-order valence-corrected chi connectivity index (χ0v) is 13.4. The van der Waals surface area contributed by atoms with Crippen molar-refractivity contribution in [3.05, 3.63) is 29.8 Å². The lowest BCUT2D eigenvalue weighted by Crippen LogP contribution is -2.09. The fourth-order valence-corrected chi connectivity index (χ4v) is 2.50. The fraction of sp³-hybridized carbons (Fsp3) is 0.667. The molecule has 1 aromatic rings. The Labute approximate surface area is 124 Å². The van der Waals surface area contributed by atoms with Gasteiger partial charge in [-0.25, -0.2) is 0 Å². The van der Waals surface area contributed by atoms with E-state index in [9.17, 15) is 5.11 Å². The number of aliphatic hydroxyl groups excluding tert-OH is 1. The third kappa shape index (κ3) is 5.96. The quantitative estimate of drug-likeness (QED) is 0.680. The molecule has 2 heteroatoms. The normalized spacial score (nSPS) is 14.3. The maximum absolute atomic E-state index is 10.4. The van der Waals surface area contributed by atoms with Crippen molar-refractivity contribution in [3.63, 3.8) is 0 Å². The fourth-order valence-electron chi connectivity index (χ4n) is 2.50. The van der Waals surface area contributed by atoms with E-state index < -0.39 is 0 Å². The molecule has 0 radical (unpaired) electrons. The first-order chi connectivity index (χ1) is 9.56. The van der Waals surface area contributed by atoms with Gasteiger partial charge in [-0.2, -0.15) is 0 Å². The van der Waals surface area contributed by atoms with Crippen molar-refractivity contribution < 1.29 is 9.84 Å². The molecule has 0 heterocycles. The van der Waals surface area contributed by atoms with E-state index in [0.29, 0.717) is 5.92 Å². The highest BCUT2D eigenvalue weighted by Gasteiger charge is 2.15. The Bertz CT molecular complexity index is 373. The van der Waals surface area contributed by atoms with Crippen LogP contribution in [0, 0.1) is 5.92 Å². The van der Waals surface area contributed by atoms with Crippen molar-refractivity contribution in [2.75, 3.05) is 0 Å². The molecule has 0 aliphatic heterocycles. The van der Waals surface area contributed by atoms with E-state index in [-0.39, 0.29) is 12.2 Å². The summed E-state index contributed by atoms with van der Waals surface area (Å²) in [6.07, 6.45) is 5.46. The first-order valence-corrected chi connectivity index (χ1v) is 8.01. The molecule has 0 saturated carbocycles. The minimum absolute atomic E-state index is 0.162. The molecule has 0 saturated heterocycles. The summed E-state index contributed by atoms with van der Waals surface area (Å²) in [5.74, 6) is 1.46. The molecular weight excluding hydrogens is 248 g/mol. The standard InChI is InChI=1S/C18H30O2/c1-5-7-9-15(6-2)12-18(19)16-10-8-11-17(13-16)20-14(3)4/h8,10-11,13-15,18-19H,5-7,9,12H2,1-4H3. The van der Waals surface area contributed by atoms with Gasteiger partial charge in [0.1, 0.15) is 5.75 Å². The molecule has 0 aromatic heterocycles. The number of hydrogen-bond acceptors (Lipinski definition) is 2. The summed E-state index contributed by atoms with van der Waals surface area (Å²) in [5, 5.41) is 10.4. The van der Waals surface area contributed by atoms with E-state index in [2.05, 4.69) is 13.8 Å². The summed E-state index contributed by atoms with van der Waals surface area (Å²) >= 11 is 0. The van der Waals surface area contributed by atoms with Crippen molar-refractivity contribution >= 4 is 0 Å². The van der Waals surface area contributed by atoms with Crippen LogP contribution in [0.2, 0.25) is 0 Å². The number of benzene rings is 1. The Hall–Kier alpha value is -1.02. The number of rotatable bonds is 9. The topological polar surface area (TPSA) is 29.5 Å². The Morgan fingerprint density at radius 3 is 2.55 bits per heavy atom. The molecule has 2 unspecified atom stereocenters. The summed E-state index contributed by atoms with van der Waals surface area (Å²) < 4.78 is 5.69. The third-order valence-corrected chi connectivity index (χ3v) is 3.71. The lowest BCUT2D eigenvalue weighted by atomic mass is 9.90. The average molecular weight is 278 g/mol. The van der Waals surface area contributed by atoms with E-state index in [1.165, 1.54) is 19.3 Å². The van der Waals surface area contributed by atoms with Crippen LogP contribution in [0.25, 0.3) is 0 Å². The summed E-state index contributed by atoms with van der Waals surface area (Å²) in [6.45, 7) is 8.46. The largest absolute Gasteiger partial charge is 0.491 e. The summed E-state index contributed by atoms with van der Waals surface area (Å²) in [4.78, 5) is 0. The van der Waals surface area contributed by atoms with E-state index in [1.54, 1.807) is 0 Å². The van der Waals surface area contributed by atoms with Crippen LogP contribution < -0.4 is 4.74 Å². The van der Waals surface area contributed by atoms with Gasteiger partial charge in [0.2, 0.25) is 0 Å². The van der Waals surface area contributed by atoms with Crippen LogP contribution in [-0.2, 0) is 0 Å². The summed E-state index contributed by atoms with van der Waals surface area (Å²) in [6, 6.07) is 7.87. The molecule has 0 aliphatic carbocycles. The second-order valence-electron chi connectivity index (χ2n) is 5.91. The molecule has 114 valence electrons. The summed E-state index contributed by atoms with van der Waals surface area (Å²) in [7, 11) is 0. The van der Waals surface area contributed by atoms with Crippen LogP contribution in [0.4, 0.5) is 0 Å². The van der Waals surface area contributed by atoms with E-state index in [1.807, 2.05) is 38.1 Å². The number of unbranched alkanes of at least 4 members (excludes halogenated alkanes) is 1. The zero-order chi connectivity index (χ0) is 15.0. The van der Waals surface area contributed by atoms with Crippen LogP contribution in [0.3, 0.4) is 0 Å². The SMILES string of the molecule is CCCCC(CC)CC(O)c1cccc(OC(C)C)c1. The van der Waals surface area contributed by atoms with Gasteiger partial charge in [0, 0.05) is 0 Å². The van der Waals surface area contributed by atoms with Gasteiger partial charge in [0.05, 0.1) is 12.2 Å². The smallest absolute Gasteiger partial charge is 0.120 e. The molecule has 0 aliphatic rings. The predicted octanol–water partition coefficient (Wildman–Crippen LogP) is 5.11. The van der Waals surface area contributed by atoms with E-state index in [0.717, 1.165) is 24.2 Å². The molecule has 0 spiro atoms. The molecule has 0 bridgehead atoms. The molecular formula is C18H30O2. The monoisotopic (exact) mass is 278 g/mol. The van der Waals surface area contributed by atoms with Gasteiger partial charge in [0.25, 0.3) is 0 Å². The average Bonchev–Trinajstić information content (AvgIpc) is 2.42. The van der Waals surface area contributed by atoms with Crippen molar-refractivity contribution in [1.82, 2.24) is 0 Å². The van der Waals surface area contributed by atoms with Gasteiger partial charge >= 0.3 is 0 Å². The lowest BCUT2D eigenvalue weighted by molar-refractivity contribution is 0.138. The maximum atomic E-state index is 10.4. The highest BCUT2D eigenvalue weighted by atomic mass is 16.5. The number of ether oxygens (including phenoxy) is 1. The second kappa shape index (κ2) is 9.02. The Morgan fingerprint density at radius 2 is 1.95 bits per heavy atom. The molecule has 20 heavy (non-hydrogen) atoms. The third-order valence-electron chi connectivity index (χ3n) is 3.71. The van der Waals surface area contributed by atoms with Gasteiger partial charge in [-0.05, 0) is 43.9 Å². The minimum atomic E-state index is -0.382. The molecule has 1 aromatic carbocycles. The first kappa shape index (κ1) is 17.0. The molecule has 1 N–H and O–H groups in total. The number of aliphatic hydroxyl groups is 1. The van der Waals surface area contributed by atoms with Crippen LogP contribution in [-0.4, -0.2) is 11.2 Å². The maximum Gasteiger partial charge on any atom is 0.120 e. The van der Waals surface area contributed by atoms with Crippen molar-refractivity contribution in [1.29, 1.82) is 0 Å². The van der Waals surface area contributed by atoms with Gasteiger partial charge < -0.3 is 9.84 Å². The lowest BCUT2D eigenvalue weighted by Gasteiger charge is -2.20. The van der Waals surface area contributed by atoms with Crippen LogP contribution in [0.5, 0.6) is 5.75 Å². The Morgan fingerprint density at radius 1 is 1.20 bits per heavy atom. The van der Waals surface area contributed by atoms with Crippen LogP contribution >= 0.6 is 0 Å². The van der Waals surface area contributed by atoms with Crippen LogP contribution in [0.15, 0.2) is 24.3 Å². The Kier molecular flexibility index (Phi) is 7.68. The predicted molar refractivity (Wildman–Crippen MR) is 85.1 cm³/mol. The second-order valence-corrected chi connectivity index (χ2v) is 5.91. The van der Waals surface area contributed by atoms with E-state index >= 15 is 0 Å². The van der Waals surface area contributed by atoms with Gasteiger partial charge in [-0.15, -0.1) is 0 Å². The summed E-state index contributed by atoms with van der Waals surface area (Å²) in [5.41, 5.74) is 0.970. The van der Waals surface area contributed by atoms with Crippen molar-refractivity contribution in [3.8, 4) is 5.75 Å².